The zero-order valence-corrected chi connectivity index (χ0v) is 19.0. The van der Waals surface area contributed by atoms with Crippen LogP contribution in [0, 0.1) is 0 Å². The van der Waals surface area contributed by atoms with E-state index < -0.39 is 17.2 Å². The molecule has 0 bridgehead atoms. The fraction of sp³-hybridized carbons (Fsp3) is 0.130. The summed E-state index contributed by atoms with van der Waals surface area (Å²) in [5.74, 6) is 0.193. The van der Waals surface area contributed by atoms with E-state index in [9.17, 15) is 9.00 Å². The minimum absolute atomic E-state index is 0.0948. The van der Waals surface area contributed by atoms with Crippen LogP contribution < -0.4 is 10.5 Å². The first-order chi connectivity index (χ1) is 16.5. The van der Waals surface area contributed by atoms with Gasteiger partial charge in [-0.15, -0.1) is 10.2 Å². The third-order valence-corrected chi connectivity index (χ3v) is 5.37. The van der Waals surface area contributed by atoms with Crippen LogP contribution in [-0.4, -0.2) is 41.3 Å². The average Bonchev–Trinajstić information content (AvgIpc) is 3.17. The molecule has 34 heavy (non-hydrogen) atoms. The van der Waals surface area contributed by atoms with Crippen molar-refractivity contribution in [2.75, 3.05) is 17.1 Å². The Bertz CT molecular complexity index is 1310. The first-order valence-electron chi connectivity index (χ1n) is 10.4. The molecule has 0 fully saturated rings. The van der Waals surface area contributed by atoms with E-state index in [1.54, 1.807) is 25.1 Å². The number of rotatable bonds is 8. The summed E-state index contributed by atoms with van der Waals surface area (Å²) in [4.78, 5) is 11.9. The number of esters is 1. The van der Waals surface area contributed by atoms with Crippen LogP contribution in [0.5, 0.6) is 0 Å². The van der Waals surface area contributed by atoms with Gasteiger partial charge in [0.1, 0.15) is 5.82 Å². The van der Waals surface area contributed by atoms with Crippen molar-refractivity contribution < 1.29 is 18.3 Å². The molecule has 1 atom stereocenters. The van der Waals surface area contributed by atoms with Crippen LogP contribution in [0.3, 0.4) is 0 Å². The first kappa shape index (κ1) is 23.1. The van der Waals surface area contributed by atoms with Crippen molar-refractivity contribution in [2.24, 2.45) is 0 Å². The molecule has 0 amide bonds. The van der Waals surface area contributed by atoms with Gasteiger partial charge in [-0.25, -0.2) is 9.00 Å². The summed E-state index contributed by atoms with van der Waals surface area (Å²) in [5.41, 5.74) is 10.4. The molecule has 0 aliphatic carbocycles. The molecule has 0 spiro atoms. The lowest BCUT2D eigenvalue weighted by molar-refractivity contribution is 0.0518. The molecule has 2 aromatic heterocycles. The maximum absolute atomic E-state index is 11.9. The van der Waals surface area contributed by atoms with Gasteiger partial charge in [-0.2, -0.15) is 9.78 Å². The van der Waals surface area contributed by atoms with Gasteiger partial charge in [0.05, 0.1) is 12.3 Å². The Kier molecular flexibility index (Phi) is 6.95. The molecule has 4 N–H and O–H groups in total. The highest BCUT2D eigenvalue weighted by molar-refractivity contribution is 7.80. The summed E-state index contributed by atoms with van der Waals surface area (Å²) >= 11 is -2.14. The zero-order valence-electron chi connectivity index (χ0n) is 18.2. The van der Waals surface area contributed by atoms with E-state index in [0.717, 1.165) is 16.7 Å². The number of hydrogen-bond donors (Lipinski definition) is 3. The van der Waals surface area contributed by atoms with Gasteiger partial charge in [-0.1, -0.05) is 42.5 Å². The number of nitrogens with two attached hydrogens (primary N) is 1. The SMILES string of the molecule is CCOC(=O)c1ccc(-n2nc(-c3ccccc3)c(Cc3ccc(NS(=O)O)cc3)c2N)nn1. The van der Waals surface area contributed by atoms with Crippen molar-refractivity contribution in [3.05, 3.63) is 83.6 Å². The predicted octanol–water partition coefficient (Wildman–Crippen LogP) is 3.23. The van der Waals surface area contributed by atoms with E-state index in [-0.39, 0.29) is 12.3 Å². The predicted molar refractivity (Wildman–Crippen MR) is 129 cm³/mol. The molecule has 0 aliphatic heterocycles. The maximum Gasteiger partial charge on any atom is 0.358 e. The van der Waals surface area contributed by atoms with Gasteiger partial charge in [-0.3, -0.25) is 9.27 Å². The van der Waals surface area contributed by atoms with E-state index >= 15 is 0 Å². The molecule has 0 radical (unpaired) electrons. The molecule has 0 saturated heterocycles. The number of ether oxygens (including phenoxy) is 1. The van der Waals surface area contributed by atoms with Crippen molar-refractivity contribution in [2.45, 2.75) is 13.3 Å². The second kappa shape index (κ2) is 10.2. The number of hydrogen-bond acceptors (Lipinski definition) is 7. The highest BCUT2D eigenvalue weighted by atomic mass is 32.2. The number of benzene rings is 2. The van der Waals surface area contributed by atoms with Gasteiger partial charge in [-0.05, 0) is 36.8 Å². The fourth-order valence-electron chi connectivity index (χ4n) is 3.39. The minimum Gasteiger partial charge on any atom is -0.461 e. The Morgan fingerprint density at radius 1 is 1.09 bits per heavy atom. The van der Waals surface area contributed by atoms with Crippen LogP contribution in [-0.2, 0) is 22.4 Å². The number of anilines is 2. The first-order valence-corrected chi connectivity index (χ1v) is 11.5. The molecule has 10 nitrogen and oxygen atoms in total. The van der Waals surface area contributed by atoms with E-state index in [1.165, 1.54) is 10.7 Å². The molecule has 11 heteroatoms. The molecular weight excluding hydrogens is 456 g/mol. The number of nitrogens with one attached hydrogen (secondary N) is 1. The lowest BCUT2D eigenvalue weighted by atomic mass is 10.0. The average molecular weight is 479 g/mol. The Hall–Kier alpha value is -4.09. The highest BCUT2D eigenvalue weighted by Gasteiger charge is 2.20. The largest absolute Gasteiger partial charge is 0.461 e. The van der Waals surface area contributed by atoms with Crippen LogP contribution in [0.4, 0.5) is 11.5 Å². The van der Waals surface area contributed by atoms with E-state index in [4.69, 9.17) is 20.1 Å². The van der Waals surface area contributed by atoms with Crippen LogP contribution >= 0.6 is 0 Å². The third-order valence-electron chi connectivity index (χ3n) is 4.96. The number of aromatic nitrogens is 4. The molecule has 0 aliphatic rings. The van der Waals surface area contributed by atoms with Gasteiger partial charge < -0.3 is 10.5 Å². The lowest BCUT2D eigenvalue weighted by Gasteiger charge is -2.07. The lowest BCUT2D eigenvalue weighted by Crippen LogP contribution is -2.11. The second-order valence-electron chi connectivity index (χ2n) is 7.21. The number of nitrogen functional groups attached to an aromatic ring is 1. The molecule has 2 heterocycles. The van der Waals surface area contributed by atoms with Crippen LogP contribution in [0.25, 0.3) is 17.1 Å². The van der Waals surface area contributed by atoms with Gasteiger partial charge in [0.2, 0.25) is 0 Å². The summed E-state index contributed by atoms with van der Waals surface area (Å²) in [5, 5.41) is 12.8. The van der Waals surface area contributed by atoms with Crippen LogP contribution in [0.15, 0.2) is 66.7 Å². The monoisotopic (exact) mass is 478 g/mol. The van der Waals surface area contributed by atoms with Gasteiger partial charge in [0.25, 0.3) is 11.3 Å². The Morgan fingerprint density at radius 2 is 1.82 bits per heavy atom. The van der Waals surface area contributed by atoms with E-state index in [2.05, 4.69) is 14.9 Å². The third kappa shape index (κ3) is 5.11. The smallest absolute Gasteiger partial charge is 0.358 e. The number of nitrogens with zero attached hydrogens (tertiary/aromatic N) is 4. The topological polar surface area (TPSA) is 145 Å². The van der Waals surface area contributed by atoms with Crippen molar-refractivity contribution in [1.82, 2.24) is 20.0 Å². The van der Waals surface area contributed by atoms with Crippen molar-refractivity contribution in [3.63, 3.8) is 0 Å². The Balaban J connectivity index is 1.71. The molecule has 4 rings (SSSR count). The highest BCUT2D eigenvalue weighted by Crippen LogP contribution is 2.31. The molecule has 4 aromatic rings. The standard InChI is InChI=1S/C23H22N6O4S/c1-2-33-23(30)19-12-13-20(26-25-19)29-22(24)18(21(27-29)16-6-4-3-5-7-16)14-15-8-10-17(11-9-15)28-34(31)32/h3-13,28H,2,14,24H2,1H3,(H,31,32). The van der Waals surface area contributed by atoms with Crippen LogP contribution in [0.1, 0.15) is 28.5 Å². The summed E-state index contributed by atoms with van der Waals surface area (Å²) in [7, 11) is 0. The summed E-state index contributed by atoms with van der Waals surface area (Å²) in [6.07, 6.45) is 0.465. The number of carbonyl (C=O) groups excluding carboxylic acids is 1. The molecule has 1 unspecified atom stereocenters. The molecule has 2 aromatic carbocycles. The molecule has 174 valence electrons. The molecule has 0 saturated carbocycles. The minimum atomic E-state index is -2.14. The molecular formula is C23H22N6O4S. The Morgan fingerprint density at radius 3 is 2.44 bits per heavy atom. The van der Waals surface area contributed by atoms with Crippen molar-refractivity contribution in [1.29, 1.82) is 0 Å². The van der Waals surface area contributed by atoms with Gasteiger partial charge >= 0.3 is 5.97 Å². The van der Waals surface area contributed by atoms with E-state index in [0.29, 0.717) is 29.4 Å². The second-order valence-corrected chi connectivity index (χ2v) is 7.91. The van der Waals surface area contributed by atoms with Gasteiger partial charge in [0, 0.05) is 23.2 Å². The normalized spacial score (nSPS) is 11.7. The van der Waals surface area contributed by atoms with Gasteiger partial charge in [0.15, 0.2) is 11.5 Å². The van der Waals surface area contributed by atoms with Crippen molar-refractivity contribution in [3.8, 4) is 17.1 Å². The number of carbonyl (C=O) groups is 1. The van der Waals surface area contributed by atoms with E-state index in [1.807, 2.05) is 42.5 Å². The maximum atomic E-state index is 11.9. The zero-order chi connectivity index (χ0) is 24.1. The quantitative estimate of drug-likeness (QED) is 0.258. The van der Waals surface area contributed by atoms with Crippen LogP contribution in [0.2, 0.25) is 0 Å². The summed E-state index contributed by atoms with van der Waals surface area (Å²) < 4.78 is 28.8. The van der Waals surface area contributed by atoms with Crippen molar-refractivity contribution >= 4 is 28.7 Å². The summed E-state index contributed by atoms with van der Waals surface area (Å²) in [6.45, 7) is 1.96. The Labute approximate surface area is 198 Å². The fourth-order valence-corrected chi connectivity index (χ4v) is 3.73. The summed E-state index contributed by atoms with van der Waals surface area (Å²) in [6, 6.07) is 19.9.